The summed E-state index contributed by atoms with van der Waals surface area (Å²) in [4.78, 5) is 23.2. The van der Waals surface area contributed by atoms with Crippen molar-refractivity contribution in [3.63, 3.8) is 0 Å². The number of carboxylic acids is 1. The number of carboxylic acid groups (broad SMARTS) is 1. The molecule has 0 aliphatic rings. The van der Waals surface area contributed by atoms with E-state index < -0.39 is 17.9 Å². The smallest absolute Gasteiger partial charge is 0.328 e. The maximum Gasteiger partial charge on any atom is 0.328 e. The molecule has 7 nitrogen and oxygen atoms in total. The third kappa shape index (κ3) is 4.09. The Bertz CT molecular complexity index is 503. The van der Waals surface area contributed by atoms with E-state index in [0.717, 1.165) is 5.56 Å². The van der Waals surface area contributed by atoms with Gasteiger partial charge in [0.15, 0.2) is 6.04 Å². The third-order valence-corrected chi connectivity index (χ3v) is 2.95. The Morgan fingerprint density at radius 3 is 2.10 bits per heavy atom. The Balaban J connectivity index is 3.04. The van der Waals surface area contributed by atoms with Gasteiger partial charge in [0.05, 0.1) is 20.8 Å². The molecular weight excluding hydrogens is 278 g/mol. The summed E-state index contributed by atoms with van der Waals surface area (Å²) in [5.74, 6) is -0.747. The largest absolute Gasteiger partial charge is 0.496 e. The van der Waals surface area contributed by atoms with E-state index >= 15 is 0 Å². The number of carbonyl (C=O) groups excluding carboxylic acids is 1. The minimum atomic E-state index is -1.17. The number of methoxy groups -OCH3 is 3. The quantitative estimate of drug-likeness (QED) is 0.774. The van der Waals surface area contributed by atoms with Crippen LogP contribution in [0.2, 0.25) is 0 Å². The molecule has 0 aliphatic carbocycles. The molecule has 2 N–H and O–H groups in total. The number of nitrogens with one attached hydrogen (secondary N) is 1. The van der Waals surface area contributed by atoms with Crippen LogP contribution in [-0.4, -0.2) is 51.0 Å². The molecule has 7 heteroatoms. The van der Waals surface area contributed by atoms with Crippen molar-refractivity contribution in [1.82, 2.24) is 5.32 Å². The van der Waals surface area contributed by atoms with E-state index in [9.17, 15) is 9.59 Å². The second-order valence-corrected chi connectivity index (χ2v) is 4.33. The Morgan fingerprint density at radius 1 is 1.19 bits per heavy atom. The lowest BCUT2D eigenvalue weighted by molar-refractivity contribution is -0.140. The van der Waals surface area contributed by atoms with Gasteiger partial charge in [-0.15, -0.1) is 0 Å². The molecule has 1 amide bonds. The number of aliphatic carboxylic acids is 1. The molecule has 1 aromatic rings. The van der Waals surface area contributed by atoms with Gasteiger partial charge in [-0.25, -0.2) is 4.79 Å². The molecule has 116 valence electrons. The molecule has 0 bridgehead atoms. The first-order valence-corrected chi connectivity index (χ1v) is 6.19. The second kappa shape index (κ2) is 7.49. The van der Waals surface area contributed by atoms with E-state index in [4.69, 9.17) is 19.3 Å². The lowest BCUT2D eigenvalue weighted by atomic mass is 10.1. The van der Waals surface area contributed by atoms with Crippen molar-refractivity contribution in [1.29, 1.82) is 0 Å². The molecule has 0 radical (unpaired) electrons. The number of hydrogen-bond donors (Lipinski definition) is 2. The summed E-state index contributed by atoms with van der Waals surface area (Å²) in [6.07, 6.45) is 0. The molecule has 0 saturated carbocycles. The van der Waals surface area contributed by atoms with Gasteiger partial charge in [0.2, 0.25) is 0 Å². The fourth-order valence-corrected chi connectivity index (χ4v) is 1.80. The molecule has 21 heavy (non-hydrogen) atoms. The van der Waals surface area contributed by atoms with Crippen molar-refractivity contribution < 1.29 is 28.9 Å². The third-order valence-electron chi connectivity index (χ3n) is 2.95. The van der Waals surface area contributed by atoms with Crippen LogP contribution < -0.4 is 14.8 Å². The van der Waals surface area contributed by atoms with Gasteiger partial charge in [-0.3, -0.25) is 4.79 Å². The Morgan fingerprint density at radius 2 is 1.71 bits per heavy atom. The van der Waals surface area contributed by atoms with Crippen LogP contribution in [0.15, 0.2) is 12.1 Å². The predicted octanol–water partition coefficient (Wildman–Crippen LogP) is 0.842. The zero-order valence-electron chi connectivity index (χ0n) is 12.4. The molecule has 0 heterocycles. The molecule has 0 saturated heterocycles. The SMILES string of the molecule is COCC(NC(=O)c1cc(OC)c(C)c(OC)c1)C(=O)O. The summed E-state index contributed by atoms with van der Waals surface area (Å²) in [5, 5.41) is 11.4. The van der Waals surface area contributed by atoms with Crippen molar-refractivity contribution in [2.45, 2.75) is 13.0 Å². The fraction of sp³-hybridized carbons (Fsp3) is 0.429. The molecule has 1 unspecified atom stereocenters. The minimum absolute atomic E-state index is 0.124. The fourth-order valence-electron chi connectivity index (χ4n) is 1.80. The number of ether oxygens (including phenoxy) is 3. The average Bonchev–Trinajstić information content (AvgIpc) is 2.46. The van der Waals surface area contributed by atoms with Crippen LogP contribution in [0.5, 0.6) is 11.5 Å². The molecule has 0 fully saturated rings. The van der Waals surface area contributed by atoms with E-state index in [2.05, 4.69) is 5.32 Å². The van der Waals surface area contributed by atoms with Crippen LogP contribution in [0.1, 0.15) is 15.9 Å². The molecule has 0 spiro atoms. The van der Waals surface area contributed by atoms with E-state index in [0.29, 0.717) is 11.5 Å². The molecule has 0 aliphatic heterocycles. The van der Waals surface area contributed by atoms with Gasteiger partial charge < -0.3 is 24.6 Å². The molecule has 0 aromatic heterocycles. The summed E-state index contributed by atoms with van der Waals surface area (Å²) in [6.45, 7) is 1.67. The lowest BCUT2D eigenvalue weighted by Gasteiger charge is -2.15. The number of rotatable bonds is 7. The first-order chi connectivity index (χ1) is 9.94. The van der Waals surface area contributed by atoms with Gasteiger partial charge in [-0.1, -0.05) is 0 Å². The van der Waals surface area contributed by atoms with Gasteiger partial charge in [-0.2, -0.15) is 0 Å². The monoisotopic (exact) mass is 297 g/mol. The van der Waals surface area contributed by atoms with Gasteiger partial charge in [-0.05, 0) is 19.1 Å². The minimum Gasteiger partial charge on any atom is -0.496 e. The van der Waals surface area contributed by atoms with Crippen molar-refractivity contribution in [2.24, 2.45) is 0 Å². The predicted molar refractivity (Wildman–Crippen MR) is 75.0 cm³/mol. The zero-order valence-corrected chi connectivity index (χ0v) is 12.4. The first kappa shape index (κ1) is 16.8. The van der Waals surface area contributed by atoms with E-state index in [1.165, 1.54) is 33.5 Å². The van der Waals surface area contributed by atoms with Crippen LogP contribution in [0.3, 0.4) is 0 Å². The molecule has 1 atom stereocenters. The van der Waals surface area contributed by atoms with Crippen molar-refractivity contribution >= 4 is 11.9 Å². The van der Waals surface area contributed by atoms with Crippen LogP contribution in [0.4, 0.5) is 0 Å². The highest BCUT2D eigenvalue weighted by molar-refractivity contribution is 5.97. The van der Waals surface area contributed by atoms with Crippen LogP contribution in [-0.2, 0) is 9.53 Å². The summed E-state index contributed by atoms with van der Waals surface area (Å²) in [7, 11) is 4.32. The highest BCUT2D eigenvalue weighted by Gasteiger charge is 2.22. The highest BCUT2D eigenvalue weighted by atomic mass is 16.5. The van der Waals surface area contributed by atoms with Crippen molar-refractivity contribution in [3.8, 4) is 11.5 Å². The maximum absolute atomic E-state index is 12.1. The Labute approximate surface area is 122 Å². The van der Waals surface area contributed by atoms with Crippen LogP contribution in [0.25, 0.3) is 0 Å². The molecular formula is C14H19NO6. The van der Waals surface area contributed by atoms with Crippen LogP contribution in [0, 0.1) is 6.92 Å². The van der Waals surface area contributed by atoms with Crippen LogP contribution >= 0.6 is 0 Å². The van der Waals surface area contributed by atoms with E-state index in [-0.39, 0.29) is 12.2 Å². The van der Waals surface area contributed by atoms with Gasteiger partial charge in [0.25, 0.3) is 5.91 Å². The van der Waals surface area contributed by atoms with Gasteiger partial charge in [0.1, 0.15) is 11.5 Å². The number of hydrogen-bond acceptors (Lipinski definition) is 5. The molecule has 1 aromatic carbocycles. The second-order valence-electron chi connectivity index (χ2n) is 4.33. The topological polar surface area (TPSA) is 94.1 Å². The summed E-state index contributed by atoms with van der Waals surface area (Å²) >= 11 is 0. The number of benzene rings is 1. The first-order valence-electron chi connectivity index (χ1n) is 6.19. The number of amides is 1. The van der Waals surface area contributed by atoms with Gasteiger partial charge >= 0.3 is 5.97 Å². The summed E-state index contributed by atoms with van der Waals surface area (Å²) in [6, 6.07) is 1.93. The van der Waals surface area contributed by atoms with Crippen molar-refractivity contribution in [2.75, 3.05) is 27.9 Å². The Hall–Kier alpha value is -2.28. The lowest BCUT2D eigenvalue weighted by Crippen LogP contribution is -2.43. The summed E-state index contributed by atoms with van der Waals surface area (Å²) in [5.41, 5.74) is 1.000. The number of carbonyl (C=O) groups is 2. The van der Waals surface area contributed by atoms with E-state index in [1.807, 2.05) is 0 Å². The molecule has 1 rings (SSSR count). The maximum atomic E-state index is 12.1. The average molecular weight is 297 g/mol. The van der Waals surface area contributed by atoms with E-state index in [1.54, 1.807) is 6.92 Å². The van der Waals surface area contributed by atoms with Gasteiger partial charge in [0, 0.05) is 18.2 Å². The Kier molecular flexibility index (Phi) is 5.98. The normalized spacial score (nSPS) is 11.6. The summed E-state index contributed by atoms with van der Waals surface area (Å²) < 4.78 is 15.1. The van der Waals surface area contributed by atoms with Crippen molar-refractivity contribution in [3.05, 3.63) is 23.3 Å². The standard InChI is InChI=1S/C14H19NO6/c1-8-11(20-3)5-9(6-12(8)21-4)13(16)15-10(7-19-2)14(17)18/h5-6,10H,7H2,1-4H3,(H,15,16)(H,17,18). The zero-order chi connectivity index (χ0) is 16.0. The highest BCUT2D eigenvalue weighted by Crippen LogP contribution is 2.29.